The highest BCUT2D eigenvalue weighted by molar-refractivity contribution is 7.11. The van der Waals surface area contributed by atoms with Crippen molar-refractivity contribution in [3.05, 3.63) is 46.3 Å². The van der Waals surface area contributed by atoms with Gasteiger partial charge in [0.25, 0.3) is 0 Å². The standard InChI is InChI=1S/C19H24N2O2S/c1-14-5-6-16(24-14)12-21-8-9-22-18-11-15(10-17(18)21)13-23-19-4-2-3-7-20-19/h2-7,15,17-18H,8-13H2,1H3/t15-,17-,18-/m1/s1. The van der Waals surface area contributed by atoms with Crippen LogP contribution in [0.25, 0.3) is 0 Å². The van der Waals surface area contributed by atoms with E-state index in [4.69, 9.17) is 9.47 Å². The summed E-state index contributed by atoms with van der Waals surface area (Å²) in [6.45, 7) is 5.85. The van der Waals surface area contributed by atoms with Gasteiger partial charge in [-0.2, -0.15) is 0 Å². The summed E-state index contributed by atoms with van der Waals surface area (Å²) in [5, 5.41) is 0. The number of ether oxygens (including phenoxy) is 2. The highest BCUT2D eigenvalue weighted by Crippen LogP contribution is 2.35. The van der Waals surface area contributed by atoms with E-state index >= 15 is 0 Å². The van der Waals surface area contributed by atoms with E-state index in [0.29, 0.717) is 18.1 Å². The second kappa shape index (κ2) is 7.21. The van der Waals surface area contributed by atoms with Crippen molar-refractivity contribution >= 4 is 11.3 Å². The fourth-order valence-electron chi connectivity index (χ4n) is 3.86. The highest BCUT2D eigenvalue weighted by atomic mass is 32.1. The fraction of sp³-hybridized carbons (Fsp3) is 0.526. The Morgan fingerprint density at radius 3 is 3.04 bits per heavy atom. The number of morpholine rings is 1. The molecule has 3 heterocycles. The van der Waals surface area contributed by atoms with Gasteiger partial charge in [0.05, 0.1) is 19.3 Å². The van der Waals surface area contributed by atoms with Crippen molar-refractivity contribution in [2.75, 3.05) is 19.8 Å². The zero-order valence-corrected chi connectivity index (χ0v) is 14.9. The van der Waals surface area contributed by atoms with Crippen LogP contribution in [0, 0.1) is 12.8 Å². The first-order valence-electron chi connectivity index (χ1n) is 8.73. The molecular formula is C19H24N2O2S. The summed E-state index contributed by atoms with van der Waals surface area (Å²) in [7, 11) is 0. The molecule has 0 spiro atoms. The Labute approximate surface area is 147 Å². The molecule has 0 aromatic carbocycles. The number of nitrogens with zero attached hydrogens (tertiary/aromatic N) is 2. The van der Waals surface area contributed by atoms with E-state index in [1.165, 1.54) is 9.75 Å². The van der Waals surface area contributed by atoms with Crippen molar-refractivity contribution in [3.8, 4) is 5.88 Å². The molecule has 4 rings (SSSR count). The van der Waals surface area contributed by atoms with Crippen LogP contribution in [0.2, 0.25) is 0 Å². The monoisotopic (exact) mass is 344 g/mol. The predicted molar refractivity (Wildman–Crippen MR) is 95.5 cm³/mol. The highest BCUT2D eigenvalue weighted by Gasteiger charge is 2.41. The molecule has 24 heavy (non-hydrogen) atoms. The second-order valence-electron chi connectivity index (χ2n) is 6.78. The molecule has 0 radical (unpaired) electrons. The van der Waals surface area contributed by atoms with Crippen molar-refractivity contribution in [2.45, 2.75) is 38.5 Å². The van der Waals surface area contributed by atoms with E-state index in [2.05, 4.69) is 28.9 Å². The van der Waals surface area contributed by atoms with Gasteiger partial charge in [0, 0.05) is 41.1 Å². The lowest BCUT2D eigenvalue weighted by atomic mass is 10.1. The lowest BCUT2D eigenvalue weighted by molar-refractivity contribution is -0.0587. The summed E-state index contributed by atoms with van der Waals surface area (Å²) in [6.07, 6.45) is 4.38. The number of aromatic nitrogens is 1. The third-order valence-corrected chi connectivity index (χ3v) is 5.99. The van der Waals surface area contributed by atoms with Crippen LogP contribution in [0.4, 0.5) is 0 Å². The van der Waals surface area contributed by atoms with Gasteiger partial charge in [0.2, 0.25) is 5.88 Å². The molecule has 2 fully saturated rings. The molecule has 5 heteroatoms. The number of hydrogen-bond acceptors (Lipinski definition) is 5. The van der Waals surface area contributed by atoms with Gasteiger partial charge in [-0.25, -0.2) is 4.98 Å². The molecule has 0 amide bonds. The number of aryl methyl sites for hydroxylation is 1. The van der Waals surface area contributed by atoms with E-state index < -0.39 is 0 Å². The van der Waals surface area contributed by atoms with Gasteiger partial charge < -0.3 is 9.47 Å². The molecule has 1 saturated carbocycles. The lowest BCUT2D eigenvalue weighted by Crippen LogP contribution is -2.47. The average molecular weight is 344 g/mol. The molecule has 3 atom stereocenters. The van der Waals surface area contributed by atoms with Crippen molar-refractivity contribution in [1.82, 2.24) is 9.88 Å². The van der Waals surface area contributed by atoms with Gasteiger partial charge in [0.15, 0.2) is 0 Å². The third kappa shape index (κ3) is 3.63. The number of pyridine rings is 1. The van der Waals surface area contributed by atoms with Crippen LogP contribution >= 0.6 is 11.3 Å². The zero-order chi connectivity index (χ0) is 16.4. The molecule has 2 aromatic heterocycles. The molecule has 1 aliphatic heterocycles. The van der Waals surface area contributed by atoms with E-state index in [9.17, 15) is 0 Å². The number of thiophene rings is 1. The molecule has 0 N–H and O–H groups in total. The minimum atomic E-state index is 0.358. The van der Waals surface area contributed by atoms with Gasteiger partial charge in [-0.3, -0.25) is 4.90 Å². The molecular weight excluding hydrogens is 320 g/mol. The first-order valence-corrected chi connectivity index (χ1v) is 9.54. The maximum absolute atomic E-state index is 6.05. The van der Waals surface area contributed by atoms with Crippen LogP contribution in [-0.2, 0) is 11.3 Å². The van der Waals surface area contributed by atoms with Gasteiger partial charge in [-0.15, -0.1) is 11.3 Å². The molecule has 0 bridgehead atoms. The summed E-state index contributed by atoms with van der Waals surface area (Å²) >= 11 is 1.91. The normalized spacial score (nSPS) is 27.1. The molecule has 2 aromatic rings. The molecule has 1 saturated heterocycles. The summed E-state index contributed by atoms with van der Waals surface area (Å²) in [5.74, 6) is 1.27. The topological polar surface area (TPSA) is 34.6 Å². The number of rotatable bonds is 5. The van der Waals surface area contributed by atoms with Crippen LogP contribution in [0.1, 0.15) is 22.6 Å². The quantitative estimate of drug-likeness (QED) is 0.831. The fourth-order valence-corrected chi connectivity index (χ4v) is 4.78. The number of fused-ring (bicyclic) bond motifs is 1. The van der Waals surface area contributed by atoms with Gasteiger partial charge in [0.1, 0.15) is 0 Å². The largest absolute Gasteiger partial charge is 0.477 e. The Balaban J connectivity index is 1.35. The smallest absolute Gasteiger partial charge is 0.213 e. The SMILES string of the molecule is Cc1ccc(CN2CCO[C@@H]3C[C@H](COc4ccccn4)C[C@H]32)s1. The zero-order valence-electron chi connectivity index (χ0n) is 14.1. The van der Waals surface area contributed by atoms with Crippen LogP contribution in [0.3, 0.4) is 0 Å². The van der Waals surface area contributed by atoms with Crippen molar-refractivity contribution in [3.63, 3.8) is 0 Å². The van der Waals surface area contributed by atoms with Crippen LogP contribution in [0.5, 0.6) is 5.88 Å². The van der Waals surface area contributed by atoms with E-state index in [0.717, 1.165) is 45.0 Å². The number of hydrogen-bond donors (Lipinski definition) is 0. The Bertz CT molecular complexity index is 660. The van der Waals surface area contributed by atoms with Gasteiger partial charge in [-0.1, -0.05) is 6.07 Å². The molecule has 1 aliphatic carbocycles. The summed E-state index contributed by atoms with van der Waals surface area (Å²) < 4.78 is 11.9. The lowest BCUT2D eigenvalue weighted by Gasteiger charge is -2.37. The van der Waals surface area contributed by atoms with Crippen molar-refractivity contribution < 1.29 is 9.47 Å². The first-order chi connectivity index (χ1) is 11.8. The minimum absolute atomic E-state index is 0.358. The van der Waals surface area contributed by atoms with Gasteiger partial charge >= 0.3 is 0 Å². The first kappa shape index (κ1) is 16.1. The third-order valence-electron chi connectivity index (χ3n) is 5.01. The van der Waals surface area contributed by atoms with Crippen LogP contribution in [0.15, 0.2) is 36.5 Å². The van der Waals surface area contributed by atoms with E-state index in [1.807, 2.05) is 29.5 Å². The maximum atomic E-state index is 6.05. The second-order valence-corrected chi connectivity index (χ2v) is 8.15. The molecule has 2 aliphatic rings. The Hall–Kier alpha value is -1.43. The summed E-state index contributed by atoms with van der Waals surface area (Å²) in [4.78, 5) is 9.70. The molecule has 128 valence electrons. The van der Waals surface area contributed by atoms with Crippen LogP contribution in [-0.4, -0.2) is 41.8 Å². The summed E-state index contributed by atoms with van der Waals surface area (Å²) in [6, 6.07) is 10.8. The van der Waals surface area contributed by atoms with E-state index in [-0.39, 0.29) is 0 Å². The maximum Gasteiger partial charge on any atom is 0.213 e. The Morgan fingerprint density at radius 1 is 1.29 bits per heavy atom. The molecule has 0 unspecified atom stereocenters. The Kier molecular flexibility index (Phi) is 4.83. The van der Waals surface area contributed by atoms with Gasteiger partial charge in [-0.05, 0) is 43.9 Å². The Morgan fingerprint density at radius 2 is 2.25 bits per heavy atom. The van der Waals surface area contributed by atoms with E-state index in [1.54, 1.807) is 6.20 Å². The molecule has 4 nitrogen and oxygen atoms in total. The van der Waals surface area contributed by atoms with Crippen molar-refractivity contribution in [1.29, 1.82) is 0 Å². The van der Waals surface area contributed by atoms with Crippen molar-refractivity contribution in [2.24, 2.45) is 5.92 Å². The predicted octanol–water partition coefficient (Wildman–Crippen LogP) is 3.51. The minimum Gasteiger partial charge on any atom is -0.477 e. The average Bonchev–Trinajstić information content (AvgIpc) is 3.20. The summed E-state index contributed by atoms with van der Waals surface area (Å²) in [5.41, 5.74) is 0. The van der Waals surface area contributed by atoms with Crippen LogP contribution < -0.4 is 4.74 Å².